The van der Waals surface area contributed by atoms with Crippen LogP contribution in [0.4, 0.5) is 11.4 Å². The number of aryl methyl sites for hydroxylation is 1. The molecule has 2 heterocycles. The van der Waals surface area contributed by atoms with Gasteiger partial charge in [-0.3, -0.25) is 4.79 Å². The minimum atomic E-state index is -0.0339. The number of rotatable bonds is 7. The summed E-state index contributed by atoms with van der Waals surface area (Å²) in [6.45, 7) is 9.68. The highest BCUT2D eigenvalue weighted by Crippen LogP contribution is 2.31. The average Bonchev–Trinajstić information content (AvgIpc) is 3.45. The van der Waals surface area contributed by atoms with Crippen LogP contribution in [0.3, 0.4) is 0 Å². The van der Waals surface area contributed by atoms with Gasteiger partial charge < -0.3 is 15.1 Å². The van der Waals surface area contributed by atoms with Crippen LogP contribution >= 0.6 is 11.8 Å². The number of carbonyl (C=O) groups excluding carboxylic acids is 1. The number of thioether (sulfide) groups is 1. The van der Waals surface area contributed by atoms with Crippen molar-refractivity contribution in [2.75, 3.05) is 48.7 Å². The molecule has 8 nitrogen and oxygen atoms in total. The number of piperazine rings is 1. The van der Waals surface area contributed by atoms with Gasteiger partial charge in [0.05, 0.1) is 11.8 Å². The number of likely N-dealkylation sites (N-methyl/N-ethyl adjacent to an activating group) is 1. The zero-order valence-electron chi connectivity index (χ0n) is 17.9. The first-order chi connectivity index (χ1) is 14.6. The van der Waals surface area contributed by atoms with E-state index in [1.165, 1.54) is 30.3 Å². The van der Waals surface area contributed by atoms with Gasteiger partial charge in [-0.2, -0.15) is 0 Å². The predicted molar refractivity (Wildman–Crippen MR) is 120 cm³/mol. The third-order valence-electron chi connectivity index (χ3n) is 6.13. The Labute approximate surface area is 182 Å². The van der Waals surface area contributed by atoms with Gasteiger partial charge in [-0.05, 0) is 60.5 Å². The summed E-state index contributed by atoms with van der Waals surface area (Å²) in [6, 6.07) is 6.67. The Kier molecular flexibility index (Phi) is 6.89. The van der Waals surface area contributed by atoms with Gasteiger partial charge in [0.1, 0.15) is 0 Å². The first-order valence-electron chi connectivity index (χ1n) is 10.9. The second kappa shape index (κ2) is 9.78. The van der Waals surface area contributed by atoms with E-state index in [9.17, 15) is 4.79 Å². The number of carbonyl (C=O) groups is 1. The number of hydrogen-bond donors (Lipinski definition) is 1. The number of tetrazole rings is 1. The number of aromatic nitrogens is 4. The summed E-state index contributed by atoms with van der Waals surface area (Å²) < 4.78 is 1.89. The number of hydrogen-bond acceptors (Lipinski definition) is 7. The highest BCUT2D eigenvalue weighted by Gasteiger charge is 2.22. The number of nitrogens with one attached hydrogen (secondary N) is 1. The van der Waals surface area contributed by atoms with Gasteiger partial charge in [0.25, 0.3) is 0 Å². The van der Waals surface area contributed by atoms with Crippen molar-refractivity contribution >= 4 is 29.0 Å². The minimum Gasteiger partial charge on any atom is -0.369 e. The molecule has 0 spiro atoms. The molecule has 0 unspecified atom stereocenters. The molecular weight excluding hydrogens is 398 g/mol. The first kappa shape index (κ1) is 21.1. The SMILES string of the molecule is CCN1CCN(c2ccc(NC(=O)CSc3nnnn3C3CCCC3)c(C)c2)CC1. The largest absolute Gasteiger partial charge is 0.369 e. The Morgan fingerprint density at radius 1 is 1.20 bits per heavy atom. The molecule has 162 valence electrons. The summed E-state index contributed by atoms with van der Waals surface area (Å²) in [5.74, 6) is 0.265. The fourth-order valence-electron chi connectivity index (χ4n) is 4.28. The molecular formula is C21H31N7OS. The number of nitrogens with zero attached hydrogens (tertiary/aromatic N) is 6. The number of anilines is 2. The highest BCUT2D eigenvalue weighted by atomic mass is 32.2. The van der Waals surface area contributed by atoms with Gasteiger partial charge in [0.2, 0.25) is 11.1 Å². The first-order valence-corrected chi connectivity index (χ1v) is 11.9. The third-order valence-corrected chi connectivity index (χ3v) is 7.07. The lowest BCUT2D eigenvalue weighted by Gasteiger charge is -2.35. The van der Waals surface area contributed by atoms with Crippen LogP contribution in [0.15, 0.2) is 23.4 Å². The third kappa shape index (κ3) is 4.95. The molecule has 1 aromatic carbocycles. The Morgan fingerprint density at radius 3 is 2.67 bits per heavy atom. The Hall–Kier alpha value is -2.13. The molecule has 2 aromatic rings. The van der Waals surface area contributed by atoms with Crippen LogP contribution in [-0.2, 0) is 4.79 Å². The molecule has 0 bridgehead atoms. The Balaban J connectivity index is 1.31. The number of amides is 1. The van der Waals surface area contributed by atoms with Gasteiger partial charge in [-0.25, -0.2) is 4.68 Å². The van der Waals surface area contributed by atoms with Crippen LogP contribution in [0.2, 0.25) is 0 Å². The van der Waals surface area contributed by atoms with E-state index in [4.69, 9.17) is 0 Å². The van der Waals surface area contributed by atoms with Crippen LogP contribution in [0, 0.1) is 6.92 Å². The topological polar surface area (TPSA) is 79.2 Å². The highest BCUT2D eigenvalue weighted by molar-refractivity contribution is 7.99. The van der Waals surface area contributed by atoms with Crippen molar-refractivity contribution in [3.63, 3.8) is 0 Å². The normalized spacial score (nSPS) is 18.1. The van der Waals surface area contributed by atoms with Gasteiger partial charge in [-0.15, -0.1) is 5.10 Å². The number of benzene rings is 1. The fourth-order valence-corrected chi connectivity index (χ4v) is 5.03. The van der Waals surface area contributed by atoms with E-state index in [1.807, 2.05) is 10.7 Å². The van der Waals surface area contributed by atoms with E-state index in [1.54, 1.807) is 0 Å². The van der Waals surface area contributed by atoms with Gasteiger partial charge in [0.15, 0.2) is 0 Å². The molecule has 4 rings (SSSR count). The summed E-state index contributed by atoms with van der Waals surface area (Å²) >= 11 is 1.40. The molecule has 30 heavy (non-hydrogen) atoms. The molecule has 1 saturated carbocycles. The molecule has 9 heteroatoms. The van der Waals surface area contributed by atoms with E-state index in [-0.39, 0.29) is 5.91 Å². The van der Waals surface area contributed by atoms with E-state index < -0.39 is 0 Å². The second-order valence-electron chi connectivity index (χ2n) is 8.10. The molecule has 1 aromatic heterocycles. The lowest BCUT2D eigenvalue weighted by atomic mass is 10.1. The molecule has 1 N–H and O–H groups in total. The average molecular weight is 430 g/mol. The summed E-state index contributed by atoms with van der Waals surface area (Å²) in [5, 5.41) is 15.8. The Bertz CT molecular complexity index is 857. The minimum absolute atomic E-state index is 0.0339. The summed E-state index contributed by atoms with van der Waals surface area (Å²) in [4.78, 5) is 17.4. The fraction of sp³-hybridized carbons (Fsp3) is 0.619. The Morgan fingerprint density at radius 2 is 1.97 bits per heavy atom. The summed E-state index contributed by atoms with van der Waals surface area (Å²) in [5.41, 5.74) is 3.18. The standard InChI is InChI=1S/C21H31N7OS/c1-3-26-10-12-27(13-11-26)18-8-9-19(16(2)14-18)22-20(29)15-30-21-23-24-25-28(21)17-6-4-5-7-17/h8-9,14,17H,3-7,10-13,15H2,1-2H3,(H,22,29). The quantitative estimate of drug-likeness (QED) is 0.678. The maximum atomic E-state index is 12.5. The summed E-state index contributed by atoms with van der Waals surface area (Å²) in [7, 11) is 0. The van der Waals surface area contributed by atoms with Crippen molar-refractivity contribution in [3.05, 3.63) is 23.8 Å². The molecule has 0 atom stereocenters. The van der Waals surface area contributed by atoms with E-state index in [2.05, 4.69) is 56.6 Å². The van der Waals surface area contributed by atoms with E-state index >= 15 is 0 Å². The molecule has 0 radical (unpaired) electrons. The predicted octanol–water partition coefficient (Wildman–Crippen LogP) is 2.97. The van der Waals surface area contributed by atoms with Crippen LogP contribution in [0.25, 0.3) is 0 Å². The second-order valence-corrected chi connectivity index (χ2v) is 9.04. The van der Waals surface area contributed by atoms with Crippen LogP contribution < -0.4 is 10.2 Å². The van der Waals surface area contributed by atoms with E-state index in [0.717, 1.165) is 62.0 Å². The lowest BCUT2D eigenvalue weighted by molar-refractivity contribution is -0.113. The van der Waals surface area contributed by atoms with Gasteiger partial charge in [-0.1, -0.05) is 31.5 Å². The van der Waals surface area contributed by atoms with Crippen molar-refractivity contribution in [2.45, 2.75) is 50.7 Å². The van der Waals surface area contributed by atoms with Gasteiger partial charge >= 0.3 is 0 Å². The monoisotopic (exact) mass is 429 g/mol. The molecule has 1 aliphatic heterocycles. The maximum absolute atomic E-state index is 12.5. The van der Waals surface area contributed by atoms with E-state index in [0.29, 0.717) is 11.8 Å². The molecule has 2 fully saturated rings. The van der Waals surface area contributed by atoms with Crippen molar-refractivity contribution in [1.29, 1.82) is 0 Å². The molecule has 2 aliphatic rings. The zero-order valence-corrected chi connectivity index (χ0v) is 18.7. The van der Waals surface area contributed by atoms with Crippen LogP contribution in [0.5, 0.6) is 0 Å². The lowest BCUT2D eigenvalue weighted by Crippen LogP contribution is -2.46. The maximum Gasteiger partial charge on any atom is 0.234 e. The van der Waals surface area contributed by atoms with Crippen molar-refractivity contribution in [2.24, 2.45) is 0 Å². The van der Waals surface area contributed by atoms with Crippen molar-refractivity contribution in [1.82, 2.24) is 25.1 Å². The molecule has 1 aliphatic carbocycles. The zero-order chi connectivity index (χ0) is 20.9. The summed E-state index contributed by atoms with van der Waals surface area (Å²) in [6.07, 6.45) is 4.67. The van der Waals surface area contributed by atoms with Crippen LogP contribution in [-0.4, -0.2) is 69.5 Å². The van der Waals surface area contributed by atoms with Crippen molar-refractivity contribution < 1.29 is 4.79 Å². The smallest absolute Gasteiger partial charge is 0.234 e. The van der Waals surface area contributed by atoms with Crippen molar-refractivity contribution in [3.8, 4) is 0 Å². The van der Waals surface area contributed by atoms with Crippen LogP contribution in [0.1, 0.15) is 44.2 Å². The molecule has 1 saturated heterocycles. The van der Waals surface area contributed by atoms with Gasteiger partial charge in [0, 0.05) is 37.6 Å². The molecule has 1 amide bonds.